The molecule has 0 heterocycles. The van der Waals surface area contributed by atoms with Crippen molar-refractivity contribution >= 4 is 17.3 Å². The minimum absolute atomic E-state index is 0.123. The van der Waals surface area contributed by atoms with E-state index < -0.39 is 11.4 Å². The topological polar surface area (TPSA) is 89.5 Å². The summed E-state index contributed by atoms with van der Waals surface area (Å²) < 4.78 is 24.1. The monoisotopic (exact) mass is 208 g/mol. The van der Waals surface area contributed by atoms with Gasteiger partial charge in [-0.3, -0.25) is 4.79 Å². The van der Waals surface area contributed by atoms with Gasteiger partial charge in [0.15, 0.2) is 0 Å². The molecule has 6 heteroatoms. The van der Waals surface area contributed by atoms with Crippen LogP contribution >= 0.6 is 0 Å². The van der Waals surface area contributed by atoms with Crippen LogP contribution in [-0.2, 0) is 16.2 Å². The number of nitrogens with one attached hydrogen (secondary N) is 1. The number of rotatable bonds is 1. The highest BCUT2D eigenvalue weighted by atomic mass is 32.2. The lowest BCUT2D eigenvalue weighted by Gasteiger charge is -2.18. The summed E-state index contributed by atoms with van der Waals surface area (Å²) in [5.74, 6) is -0.123. The third kappa shape index (κ3) is 24.6. The number of carbonyl (C=O) groups excluding carboxylic acids is 1. The van der Waals surface area contributed by atoms with Crippen LogP contribution in [0.15, 0.2) is 12.7 Å². The molecule has 0 rings (SSSR count). The van der Waals surface area contributed by atoms with E-state index in [4.69, 9.17) is 13.3 Å². The number of amides is 1. The second-order valence-corrected chi connectivity index (χ2v) is 3.59. The number of carbonyl (C=O) groups is 1. The van der Waals surface area contributed by atoms with Crippen molar-refractivity contribution in [2.75, 3.05) is 0 Å². The van der Waals surface area contributed by atoms with Crippen molar-refractivity contribution in [3.05, 3.63) is 12.7 Å². The zero-order chi connectivity index (χ0) is 11.1. The van der Waals surface area contributed by atoms with E-state index in [0.29, 0.717) is 0 Å². The van der Waals surface area contributed by atoms with E-state index in [0.717, 1.165) is 0 Å². The first-order valence-corrected chi connectivity index (χ1v) is 4.45. The standard InChI is InChI=1S/C7H13NO.H2O3S/c1-5-6(9)8-7(2,3)4;1-4(2)3/h5H,1H2,2-4H3,(H,8,9);(H2,1,2,3)/p-1. The van der Waals surface area contributed by atoms with E-state index in [-0.39, 0.29) is 11.4 Å². The van der Waals surface area contributed by atoms with Gasteiger partial charge in [0.25, 0.3) is 0 Å². The van der Waals surface area contributed by atoms with E-state index >= 15 is 0 Å². The highest BCUT2D eigenvalue weighted by Crippen LogP contribution is 1.97. The van der Waals surface area contributed by atoms with Gasteiger partial charge in [-0.1, -0.05) is 6.58 Å². The van der Waals surface area contributed by atoms with Gasteiger partial charge < -0.3 is 14.4 Å². The van der Waals surface area contributed by atoms with Gasteiger partial charge in [0, 0.05) is 5.54 Å². The van der Waals surface area contributed by atoms with Gasteiger partial charge in [-0.05, 0) is 26.8 Å². The summed E-state index contributed by atoms with van der Waals surface area (Å²) in [6, 6.07) is 0. The molecule has 1 atom stereocenters. The number of hydrogen-bond donors (Lipinski definition) is 2. The molecule has 0 aliphatic rings. The molecule has 2 N–H and O–H groups in total. The number of hydrogen-bond acceptors (Lipinski definition) is 3. The minimum atomic E-state index is -2.86. The molecule has 13 heavy (non-hydrogen) atoms. The lowest BCUT2D eigenvalue weighted by molar-refractivity contribution is -0.117. The fraction of sp³-hybridized carbons (Fsp3) is 0.571. The molecule has 0 saturated heterocycles. The Morgan fingerprint density at radius 2 is 1.92 bits per heavy atom. The maximum Gasteiger partial charge on any atom is 0.243 e. The lowest BCUT2D eigenvalue weighted by atomic mass is 10.1. The first-order chi connectivity index (χ1) is 5.69. The van der Waals surface area contributed by atoms with E-state index in [2.05, 4.69) is 11.9 Å². The van der Waals surface area contributed by atoms with Gasteiger partial charge in [-0.25, -0.2) is 4.21 Å². The Labute approximate surface area is 80.3 Å². The van der Waals surface area contributed by atoms with Gasteiger partial charge in [0.05, 0.1) is 11.4 Å². The highest BCUT2D eigenvalue weighted by molar-refractivity contribution is 7.73. The lowest BCUT2D eigenvalue weighted by Crippen LogP contribution is -2.39. The second-order valence-electron chi connectivity index (χ2n) is 3.16. The summed E-state index contributed by atoms with van der Waals surface area (Å²) in [7, 11) is 0. The molecule has 0 aliphatic carbocycles. The Bertz CT molecular complexity index is 193. The minimum Gasteiger partial charge on any atom is -0.750 e. The normalized spacial score (nSPS) is 12.1. The third-order valence-corrected chi connectivity index (χ3v) is 0.684. The highest BCUT2D eigenvalue weighted by Gasteiger charge is 2.10. The smallest absolute Gasteiger partial charge is 0.243 e. The summed E-state index contributed by atoms with van der Waals surface area (Å²) in [6.45, 7) is 9.11. The molecule has 0 bridgehead atoms. The summed E-state index contributed by atoms with van der Waals surface area (Å²) in [4.78, 5) is 10.6. The van der Waals surface area contributed by atoms with Crippen LogP contribution in [0.25, 0.3) is 0 Å². The van der Waals surface area contributed by atoms with Gasteiger partial charge in [-0.2, -0.15) is 0 Å². The Balaban J connectivity index is 0. The van der Waals surface area contributed by atoms with Crippen LogP contribution in [0.5, 0.6) is 0 Å². The molecule has 0 aromatic carbocycles. The molecule has 1 amide bonds. The summed E-state index contributed by atoms with van der Waals surface area (Å²) in [5, 5.41) is 2.71. The average Bonchev–Trinajstić information content (AvgIpc) is 1.82. The molecule has 1 unspecified atom stereocenters. The van der Waals surface area contributed by atoms with Gasteiger partial charge in [-0.15, -0.1) is 0 Å². The van der Waals surface area contributed by atoms with Crippen molar-refractivity contribution in [3.63, 3.8) is 0 Å². The summed E-state index contributed by atoms with van der Waals surface area (Å²) >= 11 is -2.86. The van der Waals surface area contributed by atoms with Gasteiger partial charge in [0.2, 0.25) is 5.91 Å². The second kappa shape index (κ2) is 6.76. The van der Waals surface area contributed by atoms with Crippen LogP contribution in [0, 0.1) is 0 Å². The van der Waals surface area contributed by atoms with Crippen molar-refractivity contribution in [1.82, 2.24) is 5.32 Å². The SMILES string of the molecule is C=CC(=O)NC(C)(C)C.O=S([O-])O. The van der Waals surface area contributed by atoms with Gasteiger partial charge in [0.1, 0.15) is 0 Å². The largest absolute Gasteiger partial charge is 0.750 e. The quantitative estimate of drug-likeness (QED) is 0.483. The Morgan fingerprint density at radius 3 is 2.00 bits per heavy atom. The molecule has 0 aliphatic heterocycles. The Morgan fingerprint density at radius 1 is 1.62 bits per heavy atom. The molecular weight excluding hydrogens is 194 g/mol. The summed E-state index contributed by atoms with van der Waals surface area (Å²) in [6.07, 6.45) is 1.27. The fourth-order valence-corrected chi connectivity index (χ4v) is 0.421. The Hall–Kier alpha value is -0.720. The molecular formula is C7H14NO4S-. The predicted octanol–water partition coefficient (Wildman–Crippen LogP) is 0.426. The van der Waals surface area contributed by atoms with Crippen molar-refractivity contribution in [2.24, 2.45) is 0 Å². The maximum absolute atomic E-state index is 10.6. The average molecular weight is 208 g/mol. The summed E-state index contributed by atoms with van der Waals surface area (Å²) in [5.41, 5.74) is -0.148. The zero-order valence-electron chi connectivity index (χ0n) is 7.86. The van der Waals surface area contributed by atoms with Crippen LogP contribution in [0.3, 0.4) is 0 Å². The molecule has 0 radical (unpaired) electrons. The third-order valence-electron chi connectivity index (χ3n) is 0.684. The van der Waals surface area contributed by atoms with Crippen molar-refractivity contribution < 1.29 is 18.1 Å². The fourth-order valence-electron chi connectivity index (χ4n) is 0.421. The van der Waals surface area contributed by atoms with Crippen LogP contribution < -0.4 is 5.32 Å². The molecule has 78 valence electrons. The van der Waals surface area contributed by atoms with Crippen molar-refractivity contribution in [1.29, 1.82) is 0 Å². The van der Waals surface area contributed by atoms with Crippen molar-refractivity contribution in [2.45, 2.75) is 26.3 Å². The molecule has 0 spiro atoms. The first-order valence-electron chi connectivity index (χ1n) is 3.42. The Kier molecular flexibility index (Phi) is 7.69. The van der Waals surface area contributed by atoms with Crippen LogP contribution in [0.4, 0.5) is 0 Å². The van der Waals surface area contributed by atoms with E-state index in [1.807, 2.05) is 20.8 Å². The van der Waals surface area contributed by atoms with Gasteiger partial charge >= 0.3 is 0 Å². The first kappa shape index (κ1) is 14.8. The van der Waals surface area contributed by atoms with Crippen LogP contribution in [0.2, 0.25) is 0 Å². The molecule has 0 aromatic heterocycles. The van der Waals surface area contributed by atoms with Crippen molar-refractivity contribution in [3.8, 4) is 0 Å². The predicted molar refractivity (Wildman–Crippen MR) is 49.6 cm³/mol. The molecule has 0 aromatic rings. The van der Waals surface area contributed by atoms with Crippen LogP contribution in [-0.4, -0.2) is 24.8 Å². The van der Waals surface area contributed by atoms with E-state index in [1.54, 1.807) is 0 Å². The van der Waals surface area contributed by atoms with Crippen LogP contribution in [0.1, 0.15) is 20.8 Å². The van der Waals surface area contributed by atoms with E-state index in [9.17, 15) is 4.79 Å². The molecule has 5 nitrogen and oxygen atoms in total. The maximum atomic E-state index is 10.6. The molecule has 0 saturated carbocycles. The molecule has 0 fully saturated rings. The van der Waals surface area contributed by atoms with E-state index in [1.165, 1.54) is 6.08 Å². The zero-order valence-corrected chi connectivity index (χ0v) is 8.68.